The molecule has 1 aliphatic heterocycles. The van der Waals surface area contributed by atoms with E-state index < -0.39 is 5.97 Å². The SMILES string of the molecule is O=C(O)CC1CCC(c2cccc(F)c2)NC1. The maximum Gasteiger partial charge on any atom is 0.303 e. The van der Waals surface area contributed by atoms with Gasteiger partial charge in [-0.2, -0.15) is 0 Å². The van der Waals surface area contributed by atoms with E-state index in [1.165, 1.54) is 12.1 Å². The summed E-state index contributed by atoms with van der Waals surface area (Å²) in [6.07, 6.45) is 1.95. The largest absolute Gasteiger partial charge is 0.481 e. The highest BCUT2D eigenvalue weighted by atomic mass is 19.1. The van der Waals surface area contributed by atoms with Gasteiger partial charge in [-0.25, -0.2) is 4.39 Å². The van der Waals surface area contributed by atoms with Crippen molar-refractivity contribution in [3.8, 4) is 0 Å². The Kier molecular flexibility index (Phi) is 3.74. The van der Waals surface area contributed by atoms with Gasteiger partial charge in [-0.15, -0.1) is 0 Å². The molecule has 1 saturated heterocycles. The zero-order valence-corrected chi connectivity index (χ0v) is 9.53. The summed E-state index contributed by atoms with van der Waals surface area (Å²) in [6, 6.07) is 6.72. The first-order valence-corrected chi connectivity index (χ1v) is 5.86. The molecule has 2 atom stereocenters. The fourth-order valence-corrected chi connectivity index (χ4v) is 2.34. The van der Waals surface area contributed by atoms with E-state index in [9.17, 15) is 9.18 Å². The van der Waals surface area contributed by atoms with E-state index in [-0.39, 0.29) is 24.2 Å². The number of benzene rings is 1. The molecule has 1 fully saturated rings. The fourth-order valence-electron chi connectivity index (χ4n) is 2.34. The van der Waals surface area contributed by atoms with Crippen molar-refractivity contribution < 1.29 is 14.3 Å². The van der Waals surface area contributed by atoms with Crippen LogP contribution in [0.4, 0.5) is 4.39 Å². The Morgan fingerprint density at radius 3 is 2.88 bits per heavy atom. The number of nitrogens with one attached hydrogen (secondary N) is 1. The molecular weight excluding hydrogens is 221 g/mol. The minimum atomic E-state index is -0.749. The molecule has 0 saturated carbocycles. The monoisotopic (exact) mass is 237 g/mol. The number of carboxylic acid groups (broad SMARTS) is 1. The van der Waals surface area contributed by atoms with Gasteiger partial charge in [0.15, 0.2) is 0 Å². The minimum absolute atomic E-state index is 0.149. The summed E-state index contributed by atoms with van der Waals surface area (Å²) in [5, 5.41) is 12.0. The molecule has 0 aliphatic carbocycles. The summed E-state index contributed by atoms with van der Waals surface area (Å²) in [4.78, 5) is 10.6. The molecule has 4 heteroatoms. The van der Waals surface area contributed by atoms with Gasteiger partial charge in [0, 0.05) is 12.5 Å². The van der Waals surface area contributed by atoms with Crippen molar-refractivity contribution >= 4 is 5.97 Å². The van der Waals surface area contributed by atoms with Crippen molar-refractivity contribution in [3.63, 3.8) is 0 Å². The topological polar surface area (TPSA) is 49.3 Å². The zero-order chi connectivity index (χ0) is 12.3. The van der Waals surface area contributed by atoms with Crippen LogP contribution >= 0.6 is 0 Å². The summed E-state index contributed by atoms with van der Waals surface area (Å²) in [6.45, 7) is 0.688. The van der Waals surface area contributed by atoms with Gasteiger partial charge in [-0.3, -0.25) is 4.79 Å². The predicted octanol–water partition coefficient (Wildman–Crippen LogP) is 2.34. The van der Waals surface area contributed by atoms with E-state index in [0.29, 0.717) is 6.54 Å². The van der Waals surface area contributed by atoms with Gasteiger partial charge in [-0.05, 0) is 43.0 Å². The van der Waals surface area contributed by atoms with Gasteiger partial charge in [0.1, 0.15) is 5.82 Å². The van der Waals surface area contributed by atoms with E-state index in [2.05, 4.69) is 5.32 Å². The van der Waals surface area contributed by atoms with Crippen molar-refractivity contribution in [3.05, 3.63) is 35.6 Å². The second-order valence-electron chi connectivity index (χ2n) is 4.56. The van der Waals surface area contributed by atoms with Crippen LogP contribution in [-0.4, -0.2) is 17.6 Å². The van der Waals surface area contributed by atoms with Crippen LogP contribution in [-0.2, 0) is 4.79 Å². The first kappa shape index (κ1) is 12.0. The minimum Gasteiger partial charge on any atom is -0.481 e. The predicted molar refractivity (Wildman–Crippen MR) is 62.1 cm³/mol. The van der Waals surface area contributed by atoms with Crippen molar-refractivity contribution in [2.75, 3.05) is 6.54 Å². The molecule has 2 rings (SSSR count). The lowest BCUT2D eigenvalue weighted by molar-refractivity contribution is -0.138. The van der Waals surface area contributed by atoms with Gasteiger partial charge < -0.3 is 10.4 Å². The van der Waals surface area contributed by atoms with Crippen LogP contribution in [0.3, 0.4) is 0 Å². The molecule has 2 unspecified atom stereocenters. The third-order valence-corrected chi connectivity index (χ3v) is 3.23. The molecule has 3 nitrogen and oxygen atoms in total. The Hall–Kier alpha value is -1.42. The van der Waals surface area contributed by atoms with Crippen molar-refractivity contribution in [1.82, 2.24) is 5.32 Å². The van der Waals surface area contributed by atoms with Crippen molar-refractivity contribution in [2.24, 2.45) is 5.92 Å². The molecule has 1 heterocycles. The summed E-state index contributed by atoms with van der Waals surface area (Å²) in [7, 11) is 0. The molecule has 92 valence electrons. The second-order valence-corrected chi connectivity index (χ2v) is 4.56. The maximum atomic E-state index is 13.1. The summed E-state index contributed by atoms with van der Waals surface area (Å²) in [5.74, 6) is -0.782. The Labute approximate surface area is 99.7 Å². The van der Waals surface area contributed by atoms with Crippen molar-refractivity contribution in [2.45, 2.75) is 25.3 Å². The van der Waals surface area contributed by atoms with E-state index in [1.54, 1.807) is 6.07 Å². The third kappa shape index (κ3) is 3.27. The molecule has 0 bridgehead atoms. The average Bonchev–Trinajstić information content (AvgIpc) is 2.29. The molecule has 0 aromatic heterocycles. The molecule has 17 heavy (non-hydrogen) atoms. The Morgan fingerprint density at radius 2 is 2.29 bits per heavy atom. The van der Waals surface area contributed by atoms with Crippen LogP contribution in [0.15, 0.2) is 24.3 Å². The normalized spacial score (nSPS) is 24.5. The first-order valence-electron chi connectivity index (χ1n) is 5.86. The Morgan fingerprint density at radius 1 is 1.47 bits per heavy atom. The lowest BCUT2D eigenvalue weighted by Crippen LogP contribution is -2.34. The van der Waals surface area contributed by atoms with E-state index in [1.807, 2.05) is 6.07 Å². The van der Waals surface area contributed by atoms with E-state index in [0.717, 1.165) is 18.4 Å². The number of halogens is 1. The highest BCUT2D eigenvalue weighted by Gasteiger charge is 2.23. The van der Waals surface area contributed by atoms with Gasteiger partial charge >= 0.3 is 5.97 Å². The quantitative estimate of drug-likeness (QED) is 0.848. The van der Waals surface area contributed by atoms with Gasteiger partial charge in [-0.1, -0.05) is 12.1 Å². The van der Waals surface area contributed by atoms with Crippen LogP contribution in [0.2, 0.25) is 0 Å². The second kappa shape index (κ2) is 5.27. The van der Waals surface area contributed by atoms with Crippen LogP contribution in [0.25, 0.3) is 0 Å². The van der Waals surface area contributed by atoms with Crippen LogP contribution in [0, 0.1) is 11.7 Å². The molecule has 1 aliphatic rings. The van der Waals surface area contributed by atoms with Crippen LogP contribution in [0.1, 0.15) is 30.9 Å². The lowest BCUT2D eigenvalue weighted by atomic mass is 9.89. The van der Waals surface area contributed by atoms with E-state index in [4.69, 9.17) is 5.11 Å². The number of rotatable bonds is 3. The average molecular weight is 237 g/mol. The highest BCUT2D eigenvalue weighted by Crippen LogP contribution is 2.27. The number of aliphatic carboxylic acids is 1. The molecule has 0 spiro atoms. The molecular formula is C13H16FNO2. The third-order valence-electron chi connectivity index (χ3n) is 3.23. The molecule has 1 aromatic rings. The smallest absolute Gasteiger partial charge is 0.303 e. The number of hydrogen-bond acceptors (Lipinski definition) is 2. The standard InChI is InChI=1S/C13H16FNO2/c14-11-3-1-2-10(7-11)12-5-4-9(8-15-12)6-13(16)17/h1-3,7,9,12,15H,4-6,8H2,(H,16,17). The fraction of sp³-hybridized carbons (Fsp3) is 0.462. The molecule has 1 aromatic carbocycles. The molecule has 2 N–H and O–H groups in total. The van der Waals surface area contributed by atoms with Gasteiger partial charge in [0.25, 0.3) is 0 Å². The van der Waals surface area contributed by atoms with Gasteiger partial charge in [0.05, 0.1) is 0 Å². The maximum absolute atomic E-state index is 13.1. The number of carbonyl (C=O) groups is 1. The molecule has 0 amide bonds. The summed E-state index contributed by atoms with van der Waals surface area (Å²) >= 11 is 0. The van der Waals surface area contributed by atoms with Crippen LogP contribution in [0.5, 0.6) is 0 Å². The van der Waals surface area contributed by atoms with Crippen molar-refractivity contribution in [1.29, 1.82) is 0 Å². The van der Waals surface area contributed by atoms with E-state index >= 15 is 0 Å². The number of hydrogen-bond donors (Lipinski definition) is 2. The summed E-state index contributed by atoms with van der Waals surface area (Å²) in [5.41, 5.74) is 0.943. The highest BCUT2D eigenvalue weighted by molar-refractivity contribution is 5.67. The first-order chi connectivity index (χ1) is 8.15. The number of carboxylic acids is 1. The number of piperidine rings is 1. The zero-order valence-electron chi connectivity index (χ0n) is 9.53. The Bertz CT molecular complexity index is 400. The lowest BCUT2D eigenvalue weighted by Gasteiger charge is -2.29. The Balaban J connectivity index is 1.93. The van der Waals surface area contributed by atoms with Gasteiger partial charge in [0.2, 0.25) is 0 Å². The molecule has 0 radical (unpaired) electrons. The van der Waals surface area contributed by atoms with Crippen LogP contribution < -0.4 is 5.32 Å². The summed E-state index contributed by atoms with van der Waals surface area (Å²) < 4.78 is 13.1.